The standard InChI is InChI=1S/C20H20F2N2O3/c1-20(21,22)13-4-6-14(7-5-13)27-17-9-12(10-23)18(16(26)11-25)15-3-2-8-24-19(15)17/h2-9,16,25-26H,10-11,23H2,1H3. The van der Waals surface area contributed by atoms with Crippen LogP contribution in [0.15, 0.2) is 48.7 Å². The third-order valence-electron chi connectivity index (χ3n) is 4.30. The molecule has 0 spiro atoms. The fourth-order valence-corrected chi connectivity index (χ4v) is 2.97. The number of rotatable bonds is 6. The van der Waals surface area contributed by atoms with Crippen LogP contribution in [0.3, 0.4) is 0 Å². The summed E-state index contributed by atoms with van der Waals surface area (Å²) in [6, 6.07) is 10.6. The summed E-state index contributed by atoms with van der Waals surface area (Å²) < 4.78 is 32.6. The van der Waals surface area contributed by atoms with Gasteiger partial charge in [0.1, 0.15) is 17.4 Å². The van der Waals surface area contributed by atoms with Crippen molar-refractivity contribution in [2.24, 2.45) is 5.73 Å². The maximum absolute atomic E-state index is 13.4. The van der Waals surface area contributed by atoms with E-state index in [1.807, 2.05) is 0 Å². The predicted molar refractivity (Wildman–Crippen MR) is 97.8 cm³/mol. The molecule has 5 nitrogen and oxygen atoms in total. The molecule has 3 rings (SSSR count). The Morgan fingerprint density at radius 3 is 2.52 bits per heavy atom. The molecule has 0 saturated heterocycles. The molecule has 142 valence electrons. The molecule has 0 radical (unpaired) electrons. The molecule has 0 saturated carbocycles. The molecule has 0 amide bonds. The van der Waals surface area contributed by atoms with Crippen molar-refractivity contribution in [1.29, 1.82) is 0 Å². The number of pyridine rings is 1. The van der Waals surface area contributed by atoms with Crippen molar-refractivity contribution in [3.63, 3.8) is 0 Å². The fourth-order valence-electron chi connectivity index (χ4n) is 2.97. The van der Waals surface area contributed by atoms with Crippen molar-refractivity contribution in [2.45, 2.75) is 25.5 Å². The molecule has 0 aliphatic rings. The number of aliphatic hydroxyl groups is 2. The Labute approximate surface area is 155 Å². The van der Waals surface area contributed by atoms with Crippen molar-refractivity contribution < 1.29 is 23.7 Å². The van der Waals surface area contributed by atoms with Crippen molar-refractivity contribution in [3.8, 4) is 11.5 Å². The molecular weight excluding hydrogens is 354 g/mol. The van der Waals surface area contributed by atoms with E-state index >= 15 is 0 Å². The molecule has 1 unspecified atom stereocenters. The molecule has 2 aromatic carbocycles. The van der Waals surface area contributed by atoms with Crippen LogP contribution in [0.5, 0.6) is 11.5 Å². The van der Waals surface area contributed by atoms with Crippen LogP contribution in [-0.2, 0) is 12.5 Å². The van der Waals surface area contributed by atoms with Crippen molar-refractivity contribution >= 4 is 10.9 Å². The number of hydrogen-bond acceptors (Lipinski definition) is 5. The fraction of sp³-hybridized carbons (Fsp3) is 0.250. The van der Waals surface area contributed by atoms with Crippen molar-refractivity contribution in [2.75, 3.05) is 6.61 Å². The highest BCUT2D eigenvalue weighted by molar-refractivity contribution is 5.89. The van der Waals surface area contributed by atoms with E-state index in [0.29, 0.717) is 33.5 Å². The van der Waals surface area contributed by atoms with Gasteiger partial charge in [0.25, 0.3) is 5.92 Å². The number of nitrogens with zero attached hydrogens (tertiary/aromatic N) is 1. The molecule has 4 N–H and O–H groups in total. The van der Waals surface area contributed by atoms with E-state index in [1.54, 1.807) is 24.4 Å². The lowest BCUT2D eigenvalue weighted by Gasteiger charge is -2.18. The Bertz CT molecular complexity index is 940. The average molecular weight is 374 g/mol. The summed E-state index contributed by atoms with van der Waals surface area (Å²) in [5.74, 6) is -2.17. The number of hydrogen-bond donors (Lipinski definition) is 3. The number of benzene rings is 2. The zero-order valence-electron chi connectivity index (χ0n) is 14.7. The van der Waals surface area contributed by atoms with Gasteiger partial charge in [0.2, 0.25) is 0 Å². The molecule has 7 heteroatoms. The third-order valence-corrected chi connectivity index (χ3v) is 4.30. The molecule has 27 heavy (non-hydrogen) atoms. The summed E-state index contributed by atoms with van der Waals surface area (Å²) in [5, 5.41) is 20.1. The lowest BCUT2D eigenvalue weighted by Crippen LogP contribution is -2.11. The molecule has 3 aromatic rings. The minimum Gasteiger partial charge on any atom is -0.455 e. The largest absolute Gasteiger partial charge is 0.455 e. The quantitative estimate of drug-likeness (QED) is 0.613. The van der Waals surface area contributed by atoms with Crippen LogP contribution in [0.2, 0.25) is 0 Å². The Balaban J connectivity index is 2.07. The Hall–Kier alpha value is -2.61. The zero-order chi connectivity index (χ0) is 19.6. The number of ether oxygens (including phenoxy) is 1. The molecular formula is C20H20F2N2O3. The number of nitrogens with two attached hydrogens (primary N) is 1. The van der Waals surface area contributed by atoms with Crippen LogP contribution in [0.4, 0.5) is 8.78 Å². The highest BCUT2D eigenvalue weighted by Crippen LogP contribution is 2.36. The molecule has 0 bridgehead atoms. The first-order valence-corrected chi connectivity index (χ1v) is 8.41. The molecule has 1 heterocycles. The van der Waals surface area contributed by atoms with Gasteiger partial charge in [-0.05, 0) is 47.5 Å². The van der Waals surface area contributed by atoms with Crippen LogP contribution in [0.25, 0.3) is 10.9 Å². The second kappa shape index (κ2) is 7.56. The zero-order valence-corrected chi connectivity index (χ0v) is 14.7. The Kier molecular flexibility index (Phi) is 5.36. The normalized spacial score (nSPS) is 13.0. The SMILES string of the molecule is CC(F)(F)c1ccc(Oc2cc(CN)c(C(O)CO)c3cccnc23)cc1. The summed E-state index contributed by atoms with van der Waals surface area (Å²) in [7, 11) is 0. The van der Waals surface area contributed by atoms with E-state index in [0.717, 1.165) is 6.92 Å². The monoisotopic (exact) mass is 374 g/mol. The number of fused-ring (bicyclic) bond motifs is 1. The van der Waals surface area contributed by atoms with Crippen LogP contribution >= 0.6 is 0 Å². The van der Waals surface area contributed by atoms with Gasteiger partial charge in [-0.2, -0.15) is 0 Å². The summed E-state index contributed by atoms with van der Waals surface area (Å²) in [6.07, 6.45) is 0.475. The summed E-state index contributed by atoms with van der Waals surface area (Å²) in [5.41, 5.74) is 7.27. The van der Waals surface area contributed by atoms with Gasteiger partial charge in [-0.3, -0.25) is 4.98 Å². The number of aliphatic hydroxyl groups excluding tert-OH is 2. The summed E-state index contributed by atoms with van der Waals surface area (Å²) in [6.45, 7) is 0.498. The second-order valence-corrected chi connectivity index (χ2v) is 6.26. The third kappa shape index (κ3) is 3.90. The molecule has 0 aliphatic carbocycles. The number of alkyl halides is 2. The van der Waals surface area contributed by atoms with E-state index < -0.39 is 18.6 Å². The first-order valence-electron chi connectivity index (χ1n) is 8.41. The van der Waals surface area contributed by atoms with Crippen LogP contribution in [-0.4, -0.2) is 21.8 Å². The molecule has 1 aromatic heterocycles. The highest BCUT2D eigenvalue weighted by atomic mass is 19.3. The van der Waals surface area contributed by atoms with E-state index in [1.165, 1.54) is 24.3 Å². The average Bonchev–Trinajstić information content (AvgIpc) is 2.66. The van der Waals surface area contributed by atoms with Gasteiger partial charge in [-0.15, -0.1) is 0 Å². The molecule has 0 fully saturated rings. The van der Waals surface area contributed by atoms with Crippen LogP contribution < -0.4 is 10.5 Å². The maximum Gasteiger partial charge on any atom is 0.270 e. The maximum atomic E-state index is 13.4. The van der Waals surface area contributed by atoms with Gasteiger partial charge in [0.15, 0.2) is 5.75 Å². The van der Waals surface area contributed by atoms with Gasteiger partial charge in [0.05, 0.1) is 6.61 Å². The molecule has 0 aliphatic heterocycles. The minimum atomic E-state index is -2.93. The van der Waals surface area contributed by atoms with Gasteiger partial charge < -0.3 is 20.7 Å². The molecule has 1 atom stereocenters. The summed E-state index contributed by atoms with van der Waals surface area (Å²) >= 11 is 0. The van der Waals surface area contributed by atoms with Gasteiger partial charge >= 0.3 is 0 Å². The second-order valence-electron chi connectivity index (χ2n) is 6.26. The minimum absolute atomic E-state index is 0.109. The predicted octanol–water partition coefficient (Wildman–Crippen LogP) is 3.62. The summed E-state index contributed by atoms with van der Waals surface area (Å²) in [4.78, 5) is 4.31. The van der Waals surface area contributed by atoms with E-state index in [9.17, 15) is 19.0 Å². The van der Waals surface area contributed by atoms with E-state index in [-0.39, 0.29) is 12.1 Å². The number of halogens is 2. The topological polar surface area (TPSA) is 88.6 Å². The van der Waals surface area contributed by atoms with Gasteiger partial charge in [-0.1, -0.05) is 6.07 Å². The van der Waals surface area contributed by atoms with Crippen molar-refractivity contribution in [1.82, 2.24) is 4.98 Å². The Morgan fingerprint density at radius 2 is 1.93 bits per heavy atom. The van der Waals surface area contributed by atoms with Crippen molar-refractivity contribution in [3.05, 3.63) is 65.4 Å². The van der Waals surface area contributed by atoms with Gasteiger partial charge in [0, 0.05) is 30.6 Å². The number of aromatic nitrogens is 1. The lowest BCUT2D eigenvalue weighted by atomic mass is 9.96. The van der Waals surface area contributed by atoms with E-state index in [4.69, 9.17) is 10.5 Å². The lowest BCUT2D eigenvalue weighted by molar-refractivity contribution is 0.0174. The van der Waals surface area contributed by atoms with Crippen LogP contribution in [0.1, 0.15) is 29.7 Å². The van der Waals surface area contributed by atoms with E-state index in [2.05, 4.69) is 4.98 Å². The first kappa shape index (κ1) is 19.2. The Morgan fingerprint density at radius 1 is 1.22 bits per heavy atom. The van der Waals surface area contributed by atoms with Gasteiger partial charge in [-0.25, -0.2) is 8.78 Å². The first-order chi connectivity index (χ1) is 12.8. The van der Waals surface area contributed by atoms with Crippen LogP contribution in [0, 0.1) is 0 Å². The highest BCUT2D eigenvalue weighted by Gasteiger charge is 2.24. The smallest absolute Gasteiger partial charge is 0.270 e.